The Kier molecular flexibility index (Phi) is 5.47. The third-order valence-electron chi connectivity index (χ3n) is 2.63. The van der Waals surface area contributed by atoms with Crippen LogP contribution in [-0.2, 0) is 19.1 Å². The van der Waals surface area contributed by atoms with Crippen molar-refractivity contribution in [2.45, 2.75) is 23.4 Å². The van der Waals surface area contributed by atoms with Crippen LogP contribution >= 0.6 is 22.6 Å². The first-order valence-corrected chi connectivity index (χ1v) is 6.42. The highest BCUT2D eigenvalue weighted by Gasteiger charge is 2.31. The Morgan fingerprint density at radius 1 is 1.62 bits per heavy atom. The van der Waals surface area contributed by atoms with Gasteiger partial charge in [0, 0.05) is 13.2 Å². The number of esters is 1. The van der Waals surface area contributed by atoms with E-state index in [1.807, 2.05) is 29.5 Å². The monoisotopic (exact) mass is 341 g/mol. The van der Waals surface area contributed by atoms with Crippen molar-refractivity contribution >= 4 is 34.5 Å². The third-order valence-corrected chi connectivity index (χ3v) is 3.57. The molecule has 0 radical (unpaired) electrons. The first-order valence-electron chi connectivity index (χ1n) is 5.17. The van der Waals surface area contributed by atoms with Gasteiger partial charge >= 0.3 is 5.97 Å². The number of hydrogen-bond donors (Lipinski definition) is 1. The van der Waals surface area contributed by atoms with E-state index in [4.69, 9.17) is 4.74 Å². The number of alkyl halides is 1. The summed E-state index contributed by atoms with van der Waals surface area (Å²) in [5.41, 5.74) is 0. The van der Waals surface area contributed by atoms with Gasteiger partial charge in [-0.2, -0.15) is 0 Å². The summed E-state index contributed by atoms with van der Waals surface area (Å²) in [4.78, 5) is 22.8. The predicted octanol–water partition coefficient (Wildman–Crippen LogP) is 0.504. The fourth-order valence-corrected chi connectivity index (χ4v) is 2.08. The summed E-state index contributed by atoms with van der Waals surface area (Å²) in [6.45, 7) is 2.82. The van der Waals surface area contributed by atoms with Crippen molar-refractivity contribution in [3.8, 4) is 0 Å². The lowest BCUT2D eigenvalue weighted by Gasteiger charge is -2.15. The fraction of sp³-hybridized carbons (Fsp3) is 0.800. The van der Waals surface area contributed by atoms with Crippen molar-refractivity contribution in [1.82, 2.24) is 5.32 Å². The highest BCUT2D eigenvalue weighted by molar-refractivity contribution is 14.1. The maximum Gasteiger partial charge on any atom is 0.320 e. The van der Waals surface area contributed by atoms with Crippen molar-refractivity contribution in [3.05, 3.63) is 0 Å². The summed E-state index contributed by atoms with van der Waals surface area (Å²) in [6, 6.07) is 0. The molecule has 1 saturated heterocycles. The average molecular weight is 341 g/mol. The molecule has 3 unspecified atom stereocenters. The van der Waals surface area contributed by atoms with Crippen molar-refractivity contribution in [1.29, 1.82) is 0 Å². The van der Waals surface area contributed by atoms with Crippen molar-refractivity contribution in [2.75, 3.05) is 20.3 Å². The summed E-state index contributed by atoms with van der Waals surface area (Å²) in [7, 11) is 1.34. The van der Waals surface area contributed by atoms with Gasteiger partial charge in [-0.25, -0.2) is 0 Å². The maximum atomic E-state index is 11.7. The quantitative estimate of drug-likeness (QED) is 0.460. The molecule has 0 aromatic rings. The number of hydrogen-bond acceptors (Lipinski definition) is 4. The summed E-state index contributed by atoms with van der Waals surface area (Å²) in [5.74, 6) is -0.464. The second-order valence-corrected chi connectivity index (χ2v) is 5.21. The Hall–Kier alpha value is -0.370. The second-order valence-electron chi connectivity index (χ2n) is 3.71. The van der Waals surface area contributed by atoms with Crippen molar-refractivity contribution < 1.29 is 19.1 Å². The van der Waals surface area contributed by atoms with Gasteiger partial charge in [0.25, 0.3) is 0 Å². The molecule has 0 bridgehead atoms. The van der Waals surface area contributed by atoms with Crippen LogP contribution in [0.3, 0.4) is 0 Å². The van der Waals surface area contributed by atoms with E-state index in [0.29, 0.717) is 13.2 Å². The molecule has 0 aromatic heterocycles. The molecule has 1 amide bonds. The van der Waals surface area contributed by atoms with Crippen molar-refractivity contribution in [2.24, 2.45) is 5.92 Å². The number of methoxy groups -OCH3 is 1. The lowest BCUT2D eigenvalue weighted by molar-refractivity contribution is -0.139. The van der Waals surface area contributed by atoms with Gasteiger partial charge in [-0.3, -0.25) is 9.59 Å². The van der Waals surface area contributed by atoms with Gasteiger partial charge < -0.3 is 14.8 Å². The predicted molar refractivity (Wildman–Crippen MR) is 66.4 cm³/mol. The largest absolute Gasteiger partial charge is 0.468 e. The molecule has 6 heteroatoms. The van der Waals surface area contributed by atoms with E-state index in [9.17, 15) is 9.59 Å². The Morgan fingerprint density at radius 2 is 2.31 bits per heavy atom. The average Bonchev–Trinajstić information content (AvgIpc) is 2.70. The highest BCUT2D eigenvalue weighted by Crippen LogP contribution is 2.20. The highest BCUT2D eigenvalue weighted by atomic mass is 127. The normalized spacial score (nSPS) is 26.2. The van der Waals surface area contributed by atoms with Gasteiger partial charge in [0.15, 0.2) is 0 Å². The topological polar surface area (TPSA) is 64.6 Å². The SMILES string of the molecule is COC(=O)C(I)CNC(=O)C1CCOC1C. The Balaban J connectivity index is 2.32. The molecule has 0 saturated carbocycles. The van der Waals surface area contributed by atoms with Crippen LogP contribution in [0.5, 0.6) is 0 Å². The summed E-state index contributed by atoms with van der Waals surface area (Å²) in [5, 5.41) is 2.74. The van der Waals surface area contributed by atoms with E-state index >= 15 is 0 Å². The lowest BCUT2D eigenvalue weighted by atomic mass is 10.0. The minimum Gasteiger partial charge on any atom is -0.468 e. The van der Waals surface area contributed by atoms with Crippen LogP contribution in [-0.4, -0.2) is 42.2 Å². The molecular formula is C10H16INO4. The molecule has 1 fully saturated rings. The van der Waals surface area contributed by atoms with E-state index < -0.39 is 0 Å². The molecule has 0 spiro atoms. The van der Waals surface area contributed by atoms with E-state index in [2.05, 4.69) is 10.1 Å². The molecule has 1 rings (SSSR count). The van der Waals surface area contributed by atoms with Gasteiger partial charge in [-0.15, -0.1) is 0 Å². The molecule has 1 heterocycles. The zero-order valence-corrected chi connectivity index (χ0v) is 11.5. The van der Waals surface area contributed by atoms with E-state index in [1.165, 1.54) is 7.11 Å². The standard InChI is InChI=1S/C10H16INO4/c1-6-7(3-4-16-6)9(13)12-5-8(11)10(14)15-2/h6-8H,3-5H2,1-2H3,(H,12,13). The number of rotatable bonds is 4. The second kappa shape index (κ2) is 6.39. The summed E-state index contributed by atoms with van der Waals surface area (Å²) >= 11 is 1.95. The number of nitrogens with one attached hydrogen (secondary N) is 1. The van der Waals surface area contributed by atoms with Gasteiger partial charge in [-0.1, -0.05) is 22.6 Å². The maximum absolute atomic E-state index is 11.7. The summed E-state index contributed by atoms with van der Waals surface area (Å²) in [6.07, 6.45) is 0.711. The van der Waals surface area contributed by atoms with Crippen LogP contribution < -0.4 is 5.32 Å². The lowest BCUT2D eigenvalue weighted by Crippen LogP contribution is -2.39. The number of amides is 1. The van der Waals surface area contributed by atoms with Crippen LogP contribution in [0.25, 0.3) is 0 Å². The van der Waals surface area contributed by atoms with Crippen LogP contribution in [0.15, 0.2) is 0 Å². The molecular weight excluding hydrogens is 325 g/mol. The Labute approximate surface area is 108 Å². The first-order chi connectivity index (χ1) is 7.56. The zero-order valence-electron chi connectivity index (χ0n) is 9.36. The number of carbonyl (C=O) groups excluding carboxylic acids is 2. The number of halogens is 1. The van der Waals surface area contributed by atoms with Crippen LogP contribution in [0.2, 0.25) is 0 Å². The molecule has 0 aromatic carbocycles. The third kappa shape index (κ3) is 3.58. The van der Waals surface area contributed by atoms with Gasteiger partial charge in [0.1, 0.15) is 3.92 Å². The molecule has 1 aliphatic heterocycles. The van der Waals surface area contributed by atoms with Gasteiger partial charge in [0.2, 0.25) is 5.91 Å². The van der Waals surface area contributed by atoms with Gasteiger partial charge in [0.05, 0.1) is 19.1 Å². The van der Waals surface area contributed by atoms with E-state index in [-0.39, 0.29) is 27.8 Å². The van der Waals surface area contributed by atoms with Gasteiger partial charge in [-0.05, 0) is 13.3 Å². The molecule has 1 aliphatic rings. The molecule has 1 N–H and O–H groups in total. The smallest absolute Gasteiger partial charge is 0.320 e. The van der Waals surface area contributed by atoms with E-state index in [1.54, 1.807) is 0 Å². The number of carbonyl (C=O) groups is 2. The molecule has 0 aliphatic carbocycles. The summed E-state index contributed by atoms with van der Waals surface area (Å²) < 4.78 is 9.53. The molecule has 92 valence electrons. The number of ether oxygens (including phenoxy) is 2. The molecule has 3 atom stereocenters. The van der Waals surface area contributed by atoms with Crippen LogP contribution in [0, 0.1) is 5.92 Å². The Bertz CT molecular complexity index is 272. The Morgan fingerprint density at radius 3 is 2.81 bits per heavy atom. The van der Waals surface area contributed by atoms with Crippen molar-refractivity contribution in [3.63, 3.8) is 0 Å². The zero-order chi connectivity index (χ0) is 12.1. The minimum atomic E-state index is -0.343. The fourth-order valence-electron chi connectivity index (χ4n) is 1.61. The van der Waals surface area contributed by atoms with Crippen LogP contribution in [0.1, 0.15) is 13.3 Å². The van der Waals surface area contributed by atoms with E-state index in [0.717, 1.165) is 6.42 Å². The molecule has 16 heavy (non-hydrogen) atoms. The minimum absolute atomic E-state index is 0.0363. The first kappa shape index (κ1) is 13.7. The van der Waals surface area contributed by atoms with Crippen LogP contribution in [0.4, 0.5) is 0 Å². The molecule has 5 nitrogen and oxygen atoms in total.